The van der Waals surface area contributed by atoms with Gasteiger partial charge in [0.1, 0.15) is 0 Å². The van der Waals surface area contributed by atoms with Gasteiger partial charge in [-0.15, -0.1) is 0 Å². The smallest absolute Gasteiger partial charge is 0.254 e. The average molecular weight is 258 g/mol. The van der Waals surface area contributed by atoms with Crippen LogP contribution in [0.2, 0.25) is 0 Å². The second kappa shape index (κ2) is 4.97. The maximum atomic E-state index is 11.6. The van der Waals surface area contributed by atoms with Crippen molar-refractivity contribution in [1.29, 1.82) is 0 Å². The molecule has 0 bridgehead atoms. The van der Waals surface area contributed by atoms with Crippen LogP contribution in [-0.2, 0) is 0 Å². The number of nitrogen functional groups attached to an aromatic ring is 1. The van der Waals surface area contributed by atoms with Gasteiger partial charge < -0.3 is 16.8 Å². The second-order valence-electron chi connectivity index (χ2n) is 2.75. The summed E-state index contributed by atoms with van der Waals surface area (Å²) in [6, 6.07) is 5.23. The molecule has 5 N–H and O–H groups in total. The Morgan fingerprint density at radius 1 is 1.50 bits per heavy atom. The van der Waals surface area contributed by atoms with Gasteiger partial charge in [0.15, 0.2) is 0 Å². The summed E-state index contributed by atoms with van der Waals surface area (Å²) in [5.74, 6) is -0.208. The van der Waals surface area contributed by atoms with E-state index in [0.29, 0.717) is 28.8 Å². The van der Waals surface area contributed by atoms with Crippen molar-refractivity contribution in [3.05, 3.63) is 28.2 Å². The molecular weight excluding hydrogens is 246 g/mol. The zero-order chi connectivity index (χ0) is 10.6. The van der Waals surface area contributed by atoms with Gasteiger partial charge in [-0.1, -0.05) is 6.07 Å². The summed E-state index contributed by atoms with van der Waals surface area (Å²) >= 11 is 3.27. The summed E-state index contributed by atoms with van der Waals surface area (Å²) in [5, 5.41) is 2.66. The summed E-state index contributed by atoms with van der Waals surface area (Å²) in [4.78, 5) is 11.6. The van der Waals surface area contributed by atoms with E-state index in [0.717, 1.165) is 0 Å². The molecule has 0 heterocycles. The number of halogens is 1. The van der Waals surface area contributed by atoms with E-state index in [1.165, 1.54) is 0 Å². The first kappa shape index (κ1) is 11.0. The summed E-state index contributed by atoms with van der Waals surface area (Å²) in [5.41, 5.74) is 11.9. The second-order valence-corrected chi connectivity index (χ2v) is 3.60. The Bertz CT molecular complexity index is 321. The van der Waals surface area contributed by atoms with Gasteiger partial charge in [-0.05, 0) is 28.1 Å². The van der Waals surface area contributed by atoms with Crippen molar-refractivity contribution >= 4 is 27.5 Å². The van der Waals surface area contributed by atoms with Crippen LogP contribution in [0.15, 0.2) is 22.7 Å². The molecule has 0 atom stereocenters. The third kappa shape index (κ3) is 2.46. The van der Waals surface area contributed by atoms with E-state index in [1.807, 2.05) is 0 Å². The summed E-state index contributed by atoms with van der Waals surface area (Å²) in [7, 11) is 0. The highest BCUT2D eigenvalue weighted by Gasteiger charge is 2.12. The molecule has 4 nitrogen and oxygen atoms in total. The Labute approximate surface area is 90.8 Å². The molecule has 5 heteroatoms. The molecule has 14 heavy (non-hydrogen) atoms. The molecule has 0 fully saturated rings. The number of carbonyl (C=O) groups is 1. The SMILES string of the molecule is NCCNC(=O)c1c(N)cccc1Br. The molecule has 1 amide bonds. The predicted molar refractivity (Wildman–Crippen MR) is 59.9 cm³/mol. The quantitative estimate of drug-likeness (QED) is 0.699. The van der Waals surface area contributed by atoms with Crippen molar-refractivity contribution < 1.29 is 4.79 Å². The number of nitrogens with one attached hydrogen (secondary N) is 1. The molecule has 0 saturated heterocycles. The predicted octanol–water partition coefficient (Wildman–Crippen LogP) is 0.720. The first-order chi connectivity index (χ1) is 6.66. The first-order valence-corrected chi connectivity index (χ1v) is 4.98. The third-order valence-electron chi connectivity index (χ3n) is 1.70. The highest BCUT2D eigenvalue weighted by Crippen LogP contribution is 2.21. The lowest BCUT2D eigenvalue weighted by atomic mass is 10.1. The molecule has 1 rings (SSSR count). The molecule has 0 radical (unpaired) electrons. The minimum absolute atomic E-state index is 0.208. The number of carbonyl (C=O) groups excluding carboxylic acids is 1. The van der Waals surface area contributed by atoms with Gasteiger partial charge in [-0.25, -0.2) is 0 Å². The molecule has 0 aliphatic carbocycles. The molecule has 0 aromatic heterocycles. The van der Waals surface area contributed by atoms with Crippen LogP contribution in [0.5, 0.6) is 0 Å². The molecule has 1 aromatic rings. The largest absolute Gasteiger partial charge is 0.398 e. The number of anilines is 1. The fourth-order valence-corrected chi connectivity index (χ4v) is 1.62. The average Bonchev–Trinajstić information content (AvgIpc) is 2.14. The van der Waals surface area contributed by atoms with Crippen molar-refractivity contribution in [2.75, 3.05) is 18.8 Å². The normalized spacial score (nSPS) is 9.86. The van der Waals surface area contributed by atoms with Crippen LogP contribution in [0, 0.1) is 0 Å². The van der Waals surface area contributed by atoms with Crippen molar-refractivity contribution in [3.63, 3.8) is 0 Å². The van der Waals surface area contributed by atoms with Crippen LogP contribution in [0.3, 0.4) is 0 Å². The molecule has 0 aliphatic rings. The van der Waals surface area contributed by atoms with Crippen molar-refractivity contribution in [2.24, 2.45) is 5.73 Å². The Morgan fingerprint density at radius 2 is 2.21 bits per heavy atom. The molecular formula is C9H12BrN3O. The first-order valence-electron chi connectivity index (χ1n) is 4.19. The van der Waals surface area contributed by atoms with Crippen LogP contribution >= 0.6 is 15.9 Å². The van der Waals surface area contributed by atoms with Gasteiger partial charge in [0.25, 0.3) is 5.91 Å². The van der Waals surface area contributed by atoms with Gasteiger partial charge in [-0.2, -0.15) is 0 Å². The summed E-state index contributed by atoms with van der Waals surface area (Å²) < 4.78 is 0.687. The summed E-state index contributed by atoms with van der Waals surface area (Å²) in [6.45, 7) is 0.857. The minimum Gasteiger partial charge on any atom is -0.398 e. The lowest BCUT2D eigenvalue weighted by Gasteiger charge is -2.07. The van der Waals surface area contributed by atoms with E-state index in [1.54, 1.807) is 18.2 Å². The van der Waals surface area contributed by atoms with Crippen LogP contribution in [0.1, 0.15) is 10.4 Å². The minimum atomic E-state index is -0.208. The maximum Gasteiger partial charge on any atom is 0.254 e. The number of hydrogen-bond acceptors (Lipinski definition) is 3. The van der Waals surface area contributed by atoms with Gasteiger partial charge in [0.2, 0.25) is 0 Å². The lowest BCUT2D eigenvalue weighted by Crippen LogP contribution is -2.29. The fourth-order valence-electron chi connectivity index (χ4n) is 1.05. The van der Waals surface area contributed by atoms with E-state index in [2.05, 4.69) is 21.2 Å². The molecule has 1 aromatic carbocycles. The van der Waals surface area contributed by atoms with E-state index in [-0.39, 0.29) is 5.91 Å². The standard InChI is InChI=1S/C9H12BrN3O/c10-6-2-1-3-7(12)8(6)9(14)13-5-4-11/h1-3H,4-5,11-12H2,(H,13,14). The number of nitrogens with two attached hydrogens (primary N) is 2. The van der Waals surface area contributed by atoms with E-state index >= 15 is 0 Å². The zero-order valence-electron chi connectivity index (χ0n) is 7.59. The van der Waals surface area contributed by atoms with Crippen LogP contribution in [-0.4, -0.2) is 19.0 Å². The topological polar surface area (TPSA) is 81.1 Å². The molecule has 0 saturated carbocycles. The van der Waals surface area contributed by atoms with Crippen molar-refractivity contribution in [2.45, 2.75) is 0 Å². The summed E-state index contributed by atoms with van der Waals surface area (Å²) in [6.07, 6.45) is 0. The Kier molecular flexibility index (Phi) is 3.91. The van der Waals surface area contributed by atoms with Crippen molar-refractivity contribution in [3.8, 4) is 0 Å². The molecule has 0 aliphatic heterocycles. The third-order valence-corrected chi connectivity index (χ3v) is 2.36. The van der Waals surface area contributed by atoms with Gasteiger partial charge in [0, 0.05) is 23.2 Å². The molecule has 76 valence electrons. The van der Waals surface area contributed by atoms with Gasteiger partial charge in [-0.3, -0.25) is 4.79 Å². The van der Waals surface area contributed by atoms with Gasteiger partial charge >= 0.3 is 0 Å². The fraction of sp³-hybridized carbons (Fsp3) is 0.222. The molecule has 0 unspecified atom stereocenters. The Morgan fingerprint density at radius 3 is 2.79 bits per heavy atom. The van der Waals surface area contributed by atoms with Crippen LogP contribution in [0.25, 0.3) is 0 Å². The monoisotopic (exact) mass is 257 g/mol. The van der Waals surface area contributed by atoms with Crippen molar-refractivity contribution in [1.82, 2.24) is 5.32 Å². The molecule has 0 spiro atoms. The zero-order valence-corrected chi connectivity index (χ0v) is 9.17. The number of amides is 1. The number of benzene rings is 1. The van der Waals surface area contributed by atoms with E-state index in [4.69, 9.17) is 11.5 Å². The Hall–Kier alpha value is -1.07. The van der Waals surface area contributed by atoms with E-state index in [9.17, 15) is 4.79 Å². The maximum absolute atomic E-state index is 11.6. The highest BCUT2D eigenvalue weighted by molar-refractivity contribution is 9.10. The lowest BCUT2D eigenvalue weighted by molar-refractivity contribution is 0.0955. The van der Waals surface area contributed by atoms with E-state index < -0.39 is 0 Å². The number of hydrogen-bond donors (Lipinski definition) is 3. The Balaban J connectivity index is 2.89. The van der Waals surface area contributed by atoms with Crippen LogP contribution in [0.4, 0.5) is 5.69 Å². The van der Waals surface area contributed by atoms with Crippen LogP contribution < -0.4 is 16.8 Å². The van der Waals surface area contributed by atoms with Gasteiger partial charge in [0.05, 0.1) is 5.56 Å². The number of rotatable bonds is 3. The highest BCUT2D eigenvalue weighted by atomic mass is 79.9.